The zero-order chi connectivity index (χ0) is 22.6. The molecule has 1 fully saturated rings. The molecule has 5 heteroatoms. The van der Waals surface area contributed by atoms with Gasteiger partial charge in [0.2, 0.25) is 0 Å². The van der Waals surface area contributed by atoms with Crippen molar-refractivity contribution in [3.05, 3.63) is 96.1 Å². The van der Waals surface area contributed by atoms with Crippen molar-refractivity contribution in [1.82, 2.24) is 4.98 Å². The van der Waals surface area contributed by atoms with Gasteiger partial charge in [-0.15, -0.1) is 0 Å². The predicted octanol–water partition coefficient (Wildman–Crippen LogP) is 5.79. The zero-order valence-corrected chi connectivity index (χ0v) is 19.1. The number of hydrogen-bond acceptors (Lipinski definition) is 5. The monoisotopic (exact) mass is 453 g/mol. The summed E-state index contributed by atoms with van der Waals surface area (Å²) in [7, 11) is 0. The van der Waals surface area contributed by atoms with Gasteiger partial charge in [0, 0.05) is 18.2 Å². The molecule has 3 aromatic carbocycles. The van der Waals surface area contributed by atoms with E-state index in [1.165, 1.54) is 12.8 Å². The third-order valence-electron chi connectivity index (χ3n) is 6.23. The highest BCUT2D eigenvalue weighted by molar-refractivity contribution is 7.19. The molecule has 0 saturated heterocycles. The van der Waals surface area contributed by atoms with Crippen molar-refractivity contribution in [1.29, 1.82) is 0 Å². The largest absolute Gasteiger partial charge is 0.545 e. The SMILES string of the molecule is O=C([O-])c1cccc(CN(c2nc(-c3ccccc3)c(-c3ccccc3)s2)C2CCCC2)c1. The number of carboxylic acids is 1. The van der Waals surface area contributed by atoms with E-state index in [1.807, 2.05) is 30.3 Å². The molecule has 1 aromatic heterocycles. The fourth-order valence-electron chi connectivity index (χ4n) is 4.57. The molecule has 1 aliphatic carbocycles. The zero-order valence-electron chi connectivity index (χ0n) is 18.3. The van der Waals surface area contributed by atoms with E-state index >= 15 is 0 Å². The van der Waals surface area contributed by atoms with Crippen molar-refractivity contribution < 1.29 is 9.90 Å². The molecule has 0 aliphatic heterocycles. The Morgan fingerprint density at radius 2 is 1.58 bits per heavy atom. The quantitative estimate of drug-likeness (QED) is 0.355. The summed E-state index contributed by atoms with van der Waals surface area (Å²) in [6, 6.07) is 28.2. The normalized spacial score (nSPS) is 13.8. The van der Waals surface area contributed by atoms with Gasteiger partial charge in [0.05, 0.1) is 16.5 Å². The Morgan fingerprint density at radius 1 is 0.909 bits per heavy atom. The molecule has 5 rings (SSSR count). The van der Waals surface area contributed by atoms with Crippen LogP contribution in [0.3, 0.4) is 0 Å². The third-order valence-corrected chi connectivity index (χ3v) is 7.37. The summed E-state index contributed by atoms with van der Waals surface area (Å²) >= 11 is 1.72. The average Bonchev–Trinajstić information content (AvgIpc) is 3.55. The van der Waals surface area contributed by atoms with Gasteiger partial charge in [-0.3, -0.25) is 0 Å². The number of carboxylic acid groups (broad SMARTS) is 1. The van der Waals surface area contributed by atoms with Crippen molar-refractivity contribution >= 4 is 22.4 Å². The van der Waals surface area contributed by atoms with E-state index in [0.29, 0.717) is 12.6 Å². The minimum absolute atomic E-state index is 0.216. The molecule has 166 valence electrons. The Balaban J connectivity index is 1.58. The van der Waals surface area contributed by atoms with Crippen LogP contribution in [0.5, 0.6) is 0 Å². The van der Waals surface area contributed by atoms with Crippen molar-refractivity contribution in [2.24, 2.45) is 0 Å². The molecule has 0 bridgehead atoms. The van der Waals surface area contributed by atoms with E-state index < -0.39 is 5.97 Å². The molecule has 0 radical (unpaired) electrons. The molecule has 0 N–H and O–H groups in total. The van der Waals surface area contributed by atoms with Gasteiger partial charge in [-0.2, -0.15) is 0 Å². The van der Waals surface area contributed by atoms with Crippen molar-refractivity contribution in [3.8, 4) is 21.7 Å². The highest BCUT2D eigenvalue weighted by atomic mass is 32.1. The molecule has 0 spiro atoms. The lowest BCUT2D eigenvalue weighted by Crippen LogP contribution is -2.32. The lowest BCUT2D eigenvalue weighted by molar-refractivity contribution is -0.255. The van der Waals surface area contributed by atoms with Gasteiger partial charge in [0.25, 0.3) is 0 Å². The molecule has 4 nitrogen and oxygen atoms in total. The summed E-state index contributed by atoms with van der Waals surface area (Å²) in [6.07, 6.45) is 4.67. The molecule has 1 aliphatic rings. The molecule has 4 aromatic rings. The number of benzene rings is 3. The van der Waals surface area contributed by atoms with E-state index in [2.05, 4.69) is 41.3 Å². The van der Waals surface area contributed by atoms with E-state index in [9.17, 15) is 9.90 Å². The molecule has 1 heterocycles. The number of aromatic carboxylic acids is 1. The second kappa shape index (κ2) is 9.59. The van der Waals surface area contributed by atoms with Crippen LogP contribution >= 0.6 is 11.3 Å². The average molecular weight is 454 g/mol. The second-order valence-electron chi connectivity index (χ2n) is 8.46. The lowest BCUT2D eigenvalue weighted by Gasteiger charge is -2.29. The molecule has 0 atom stereocenters. The number of rotatable bonds is 7. The minimum Gasteiger partial charge on any atom is -0.545 e. The van der Waals surface area contributed by atoms with Gasteiger partial charge < -0.3 is 14.8 Å². The van der Waals surface area contributed by atoms with Crippen LogP contribution < -0.4 is 10.0 Å². The topological polar surface area (TPSA) is 56.3 Å². The summed E-state index contributed by atoms with van der Waals surface area (Å²) in [5.41, 5.74) is 4.43. The highest BCUT2D eigenvalue weighted by Gasteiger charge is 2.27. The summed E-state index contributed by atoms with van der Waals surface area (Å²) in [5.74, 6) is -1.14. The second-order valence-corrected chi connectivity index (χ2v) is 9.44. The summed E-state index contributed by atoms with van der Waals surface area (Å²) in [6.45, 7) is 0.627. The number of carbonyl (C=O) groups excluding carboxylic acids is 1. The molecule has 0 amide bonds. The standard InChI is InChI=1S/C28H26N2O2S/c31-27(32)23-15-9-10-20(18-23)19-30(24-16-7-8-17-24)28-29-25(21-11-3-1-4-12-21)26(33-28)22-13-5-2-6-14-22/h1-6,9-15,18,24H,7-8,16-17,19H2,(H,31,32)/p-1. The Hall–Kier alpha value is -3.44. The van der Waals surface area contributed by atoms with Crippen LogP contribution in [0.4, 0.5) is 5.13 Å². The number of anilines is 1. The van der Waals surface area contributed by atoms with Crippen LogP contribution in [0.1, 0.15) is 41.6 Å². The van der Waals surface area contributed by atoms with Crippen LogP contribution in [-0.2, 0) is 6.54 Å². The lowest BCUT2D eigenvalue weighted by atomic mass is 10.1. The first-order valence-electron chi connectivity index (χ1n) is 11.4. The number of thiazole rings is 1. The van der Waals surface area contributed by atoms with E-state index in [4.69, 9.17) is 4.98 Å². The number of nitrogens with zero attached hydrogens (tertiary/aromatic N) is 2. The van der Waals surface area contributed by atoms with Gasteiger partial charge in [-0.05, 0) is 35.6 Å². The molecule has 33 heavy (non-hydrogen) atoms. The van der Waals surface area contributed by atoms with Crippen LogP contribution in [0.2, 0.25) is 0 Å². The Kier molecular flexibility index (Phi) is 6.22. The van der Waals surface area contributed by atoms with E-state index in [1.54, 1.807) is 29.5 Å². The summed E-state index contributed by atoms with van der Waals surface area (Å²) in [4.78, 5) is 20.1. The van der Waals surface area contributed by atoms with Crippen molar-refractivity contribution in [2.75, 3.05) is 4.90 Å². The Labute approximate surface area is 198 Å². The molecule has 0 unspecified atom stereocenters. The number of hydrogen-bond donors (Lipinski definition) is 0. The Morgan fingerprint density at radius 3 is 2.24 bits per heavy atom. The highest BCUT2D eigenvalue weighted by Crippen LogP contribution is 2.42. The fourth-order valence-corrected chi connectivity index (χ4v) is 5.74. The van der Waals surface area contributed by atoms with Crippen LogP contribution in [-0.4, -0.2) is 17.0 Å². The van der Waals surface area contributed by atoms with Crippen LogP contribution in [0, 0.1) is 0 Å². The first-order valence-corrected chi connectivity index (χ1v) is 12.2. The summed E-state index contributed by atoms with van der Waals surface area (Å²) in [5, 5.41) is 12.4. The maximum Gasteiger partial charge on any atom is 0.187 e. The fraction of sp³-hybridized carbons (Fsp3) is 0.214. The van der Waals surface area contributed by atoms with Crippen molar-refractivity contribution in [2.45, 2.75) is 38.3 Å². The molecule has 1 saturated carbocycles. The van der Waals surface area contributed by atoms with E-state index in [0.717, 1.165) is 45.2 Å². The van der Waals surface area contributed by atoms with Gasteiger partial charge >= 0.3 is 0 Å². The smallest absolute Gasteiger partial charge is 0.187 e. The van der Waals surface area contributed by atoms with Crippen LogP contribution in [0.25, 0.3) is 21.7 Å². The number of carbonyl (C=O) groups is 1. The first kappa shape index (κ1) is 21.4. The van der Waals surface area contributed by atoms with Gasteiger partial charge in [0.1, 0.15) is 0 Å². The minimum atomic E-state index is -1.14. The maximum absolute atomic E-state index is 11.4. The first-order chi connectivity index (χ1) is 16.2. The Bertz CT molecular complexity index is 1170. The summed E-state index contributed by atoms with van der Waals surface area (Å²) < 4.78 is 0. The molecular formula is C28H25N2O2S-. The van der Waals surface area contributed by atoms with Gasteiger partial charge in [-0.25, -0.2) is 4.98 Å². The van der Waals surface area contributed by atoms with E-state index in [-0.39, 0.29) is 5.56 Å². The third kappa shape index (κ3) is 4.69. The maximum atomic E-state index is 11.4. The van der Waals surface area contributed by atoms with Crippen molar-refractivity contribution in [3.63, 3.8) is 0 Å². The van der Waals surface area contributed by atoms with Gasteiger partial charge in [-0.1, -0.05) is 103 Å². The van der Waals surface area contributed by atoms with Crippen LogP contribution in [0.15, 0.2) is 84.9 Å². The number of aromatic nitrogens is 1. The van der Waals surface area contributed by atoms with Gasteiger partial charge in [0.15, 0.2) is 5.13 Å². The predicted molar refractivity (Wildman–Crippen MR) is 132 cm³/mol. The molecular weight excluding hydrogens is 428 g/mol.